The molecule has 0 amide bonds. The molecule has 0 bridgehead atoms. The van der Waals surface area contributed by atoms with Gasteiger partial charge in [0, 0.05) is 11.6 Å². The van der Waals surface area contributed by atoms with Crippen LogP contribution in [-0.4, -0.2) is 30.7 Å². The minimum atomic E-state index is -0.655. The first kappa shape index (κ1) is 12.5. The zero-order chi connectivity index (χ0) is 13.5. The van der Waals surface area contributed by atoms with E-state index in [1.165, 1.54) is 5.56 Å². The number of hydrogen-bond donors (Lipinski definition) is 2. The van der Waals surface area contributed by atoms with E-state index in [1.807, 2.05) is 19.9 Å². The molecule has 0 radical (unpaired) electrons. The lowest BCUT2D eigenvalue weighted by atomic mass is 9.77. The van der Waals surface area contributed by atoms with E-state index in [2.05, 4.69) is 28.8 Å². The van der Waals surface area contributed by atoms with E-state index in [0.717, 1.165) is 18.7 Å². The molecular formula is C15H20N2O2. The van der Waals surface area contributed by atoms with E-state index >= 15 is 0 Å². The number of benzene rings is 1. The van der Waals surface area contributed by atoms with Gasteiger partial charge in [-0.05, 0) is 38.4 Å². The number of ether oxygens (including phenoxy) is 1. The molecule has 1 fully saturated rings. The molecule has 0 aromatic heterocycles. The van der Waals surface area contributed by atoms with Crippen LogP contribution in [0.3, 0.4) is 0 Å². The fourth-order valence-corrected chi connectivity index (χ4v) is 3.35. The normalized spacial score (nSPS) is 32.1. The van der Waals surface area contributed by atoms with Crippen molar-refractivity contribution in [3.8, 4) is 0 Å². The minimum Gasteiger partial charge on any atom is -0.465 e. The van der Waals surface area contributed by atoms with Crippen LogP contribution in [0.4, 0.5) is 5.69 Å². The van der Waals surface area contributed by atoms with E-state index in [1.54, 1.807) is 0 Å². The number of fused-ring (bicyclic) bond motifs is 3. The fourth-order valence-electron chi connectivity index (χ4n) is 3.35. The number of hydrogen-bond acceptors (Lipinski definition) is 4. The molecule has 19 heavy (non-hydrogen) atoms. The molecule has 2 heterocycles. The largest absolute Gasteiger partial charge is 0.465 e. The molecule has 3 rings (SSSR count). The molecule has 2 unspecified atom stereocenters. The molecule has 3 atom stereocenters. The van der Waals surface area contributed by atoms with Crippen LogP contribution in [0.15, 0.2) is 24.3 Å². The standard InChI is InChI=1S/C15H20N2O2/c1-3-19-14(18)15(2)13-11(8-9-16-15)10-6-4-5-7-12(10)17-13/h4-7,11,13,16-17H,3,8-9H2,1-2H3/t11?,13?,15-/m0/s1. The number of esters is 1. The summed E-state index contributed by atoms with van der Waals surface area (Å²) < 4.78 is 5.25. The average molecular weight is 260 g/mol. The zero-order valence-electron chi connectivity index (χ0n) is 11.4. The number of rotatable bonds is 2. The first-order valence-corrected chi connectivity index (χ1v) is 6.94. The van der Waals surface area contributed by atoms with E-state index in [0.29, 0.717) is 12.5 Å². The van der Waals surface area contributed by atoms with Crippen molar-refractivity contribution in [2.24, 2.45) is 0 Å². The van der Waals surface area contributed by atoms with Gasteiger partial charge in [-0.3, -0.25) is 0 Å². The zero-order valence-corrected chi connectivity index (χ0v) is 11.4. The Balaban J connectivity index is 1.94. The highest BCUT2D eigenvalue weighted by atomic mass is 16.5. The predicted octanol–water partition coefficient (Wildman–Crippen LogP) is 1.88. The van der Waals surface area contributed by atoms with Gasteiger partial charge in [0.2, 0.25) is 0 Å². The second-order valence-corrected chi connectivity index (χ2v) is 5.45. The summed E-state index contributed by atoms with van der Waals surface area (Å²) in [6, 6.07) is 8.39. The summed E-state index contributed by atoms with van der Waals surface area (Å²) in [7, 11) is 0. The van der Waals surface area contributed by atoms with Gasteiger partial charge < -0.3 is 15.4 Å². The summed E-state index contributed by atoms with van der Waals surface area (Å²) in [5, 5.41) is 6.85. The number of piperidine rings is 1. The van der Waals surface area contributed by atoms with Crippen LogP contribution in [0.2, 0.25) is 0 Å². The van der Waals surface area contributed by atoms with Crippen LogP contribution < -0.4 is 10.6 Å². The molecule has 1 saturated heterocycles. The maximum atomic E-state index is 12.3. The lowest BCUT2D eigenvalue weighted by Crippen LogP contribution is -2.64. The molecule has 0 spiro atoms. The third kappa shape index (κ3) is 1.82. The quantitative estimate of drug-likeness (QED) is 0.797. The van der Waals surface area contributed by atoms with Crippen LogP contribution in [0.5, 0.6) is 0 Å². The third-order valence-electron chi connectivity index (χ3n) is 4.34. The number of carbonyl (C=O) groups is 1. The van der Waals surface area contributed by atoms with Gasteiger partial charge in [0.1, 0.15) is 5.54 Å². The second-order valence-electron chi connectivity index (χ2n) is 5.45. The monoisotopic (exact) mass is 260 g/mol. The fraction of sp³-hybridized carbons (Fsp3) is 0.533. The maximum Gasteiger partial charge on any atom is 0.328 e. The first-order valence-electron chi connectivity index (χ1n) is 6.94. The van der Waals surface area contributed by atoms with Crippen molar-refractivity contribution in [1.29, 1.82) is 0 Å². The van der Waals surface area contributed by atoms with E-state index in [9.17, 15) is 4.79 Å². The molecular weight excluding hydrogens is 240 g/mol. The van der Waals surface area contributed by atoms with Crippen LogP contribution in [-0.2, 0) is 9.53 Å². The minimum absolute atomic E-state index is 0.0673. The van der Waals surface area contributed by atoms with Crippen molar-refractivity contribution in [2.45, 2.75) is 37.8 Å². The van der Waals surface area contributed by atoms with Gasteiger partial charge in [0.05, 0.1) is 12.6 Å². The van der Waals surface area contributed by atoms with Crippen molar-refractivity contribution in [3.63, 3.8) is 0 Å². The Hall–Kier alpha value is -1.55. The summed E-state index contributed by atoms with van der Waals surface area (Å²) >= 11 is 0. The summed E-state index contributed by atoms with van der Waals surface area (Å²) in [4.78, 5) is 12.3. The molecule has 2 aliphatic rings. The number of anilines is 1. The van der Waals surface area contributed by atoms with Gasteiger partial charge in [0.15, 0.2) is 0 Å². The Morgan fingerprint density at radius 2 is 2.26 bits per heavy atom. The van der Waals surface area contributed by atoms with E-state index in [4.69, 9.17) is 4.74 Å². The highest BCUT2D eigenvalue weighted by Crippen LogP contribution is 2.44. The lowest BCUT2D eigenvalue weighted by molar-refractivity contribution is -0.152. The molecule has 1 aromatic rings. The highest BCUT2D eigenvalue weighted by molar-refractivity contribution is 5.84. The number of para-hydroxylation sites is 1. The van der Waals surface area contributed by atoms with Gasteiger partial charge in [-0.25, -0.2) is 4.79 Å². The molecule has 4 nitrogen and oxygen atoms in total. The lowest BCUT2D eigenvalue weighted by Gasteiger charge is -2.41. The van der Waals surface area contributed by atoms with Crippen LogP contribution in [0.25, 0.3) is 0 Å². The van der Waals surface area contributed by atoms with Gasteiger partial charge in [-0.1, -0.05) is 18.2 Å². The summed E-state index contributed by atoms with van der Waals surface area (Å²) in [5.74, 6) is 0.219. The average Bonchev–Trinajstić information content (AvgIpc) is 2.80. The first-order chi connectivity index (χ1) is 9.16. The Bertz CT molecular complexity index is 503. The van der Waals surface area contributed by atoms with E-state index < -0.39 is 5.54 Å². The number of carbonyl (C=O) groups excluding carboxylic acids is 1. The van der Waals surface area contributed by atoms with Crippen LogP contribution in [0.1, 0.15) is 31.7 Å². The van der Waals surface area contributed by atoms with Crippen molar-refractivity contribution >= 4 is 11.7 Å². The summed E-state index contributed by atoms with van der Waals surface area (Å²) in [6.45, 7) is 5.05. The van der Waals surface area contributed by atoms with Crippen molar-refractivity contribution in [2.75, 3.05) is 18.5 Å². The third-order valence-corrected chi connectivity index (χ3v) is 4.34. The molecule has 1 aromatic carbocycles. The summed E-state index contributed by atoms with van der Waals surface area (Å²) in [6.07, 6.45) is 1.05. The molecule has 0 saturated carbocycles. The summed E-state index contributed by atoms with van der Waals surface area (Å²) in [5.41, 5.74) is 1.82. The highest BCUT2D eigenvalue weighted by Gasteiger charge is 2.52. The Morgan fingerprint density at radius 1 is 1.47 bits per heavy atom. The Kier molecular flexibility index (Phi) is 2.97. The van der Waals surface area contributed by atoms with Gasteiger partial charge in [0.25, 0.3) is 0 Å². The molecule has 4 heteroatoms. The SMILES string of the molecule is CCOC(=O)[C@@]1(C)NCCC2c3ccccc3NC21. The number of nitrogens with one attached hydrogen (secondary N) is 2. The predicted molar refractivity (Wildman–Crippen MR) is 74.3 cm³/mol. The molecule has 102 valence electrons. The van der Waals surface area contributed by atoms with Crippen LogP contribution >= 0.6 is 0 Å². The smallest absolute Gasteiger partial charge is 0.328 e. The molecule has 2 aliphatic heterocycles. The Labute approximate surface area is 113 Å². The van der Waals surface area contributed by atoms with Gasteiger partial charge in [-0.15, -0.1) is 0 Å². The maximum absolute atomic E-state index is 12.3. The molecule has 0 aliphatic carbocycles. The van der Waals surface area contributed by atoms with Crippen molar-refractivity contribution in [3.05, 3.63) is 29.8 Å². The van der Waals surface area contributed by atoms with Crippen LogP contribution in [0, 0.1) is 0 Å². The van der Waals surface area contributed by atoms with Gasteiger partial charge >= 0.3 is 5.97 Å². The van der Waals surface area contributed by atoms with Crippen molar-refractivity contribution in [1.82, 2.24) is 5.32 Å². The second kappa shape index (κ2) is 4.53. The molecule has 2 N–H and O–H groups in total. The Morgan fingerprint density at radius 3 is 3.05 bits per heavy atom. The van der Waals surface area contributed by atoms with E-state index in [-0.39, 0.29) is 12.0 Å². The van der Waals surface area contributed by atoms with Crippen molar-refractivity contribution < 1.29 is 9.53 Å². The van der Waals surface area contributed by atoms with Gasteiger partial charge in [-0.2, -0.15) is 0 Å². The topological polar surface area (TPSA) is 50.4 Å².